The highest BCUT2D eigenvalue weighted by molar-refractivity contribution is 9.10. The molecule has 1 aliphatic heterocycles. The molecule has 0 spiro atoms. The normalized spacial score (nSPS) is 20.8. The molecule has 1 atom stereocenters. The van der Waals surface area contributed by atoms with Crippen LogP contribution in [0.15, 0.2) is 21.5 Å². The van der Waals surface area contributed by atoms with E-state index in [9.17, 15) is 12.8 Å². The van der Waals surface area contributed by atoms with Gasteiger partial charge in [-0.3, -0.25) is 0 Å². The van der Waals surface area contributed by atoms with Crippen molar-refractivity contribution in [3.8, 4) is 0 Å². The Morgan fingerprint density at radius 1 is 1.45 bits per heavy atom. The molecule has 0 aliphatic carbocycles. The zero-order valence-electron chi connectivity index (χ0n) is 11.4. The number of halogens is 2. The Morgan fingerprint density at radius 2 is 2.10 bits per heavy atom. The Balaban J connectivity index is 2.37. The second-order valence-electron chi connectivity index (χ2n) is 5.47. The summed E-state index contributed by atoms with van der Waals surface area (Å²) in [5.74, 6) is -0.0582. The maximum atomic E-state index is 14.1. The number of nitrogens with two attached hydrogens (primary N) is 1. The number of nitrogen functional groups attached to an aromatic ring is 1. The predicted molar refractivity (Wildman–Crippen MR) is 80.2 cm³/mol. The number of nitrogens with zero attached hydrogens (tertiary/aromatic N) is 1. The molecule has 0 bridgehead atoms. The number of rotatable bonds is 3. The Bertz CT molecular complexity index is 619. The van der Waals surface area contributed by atoms with Gasteiger partial charge < -0.3 is 5.73 Å². The quantitative estimate of drug-likeness (QED) is 0.838. The fraction of sp³-hybridized carbons (Fsp3) is 0.538. The van der Waals surface area contributed by atoms with E-state index >= 15 is 0 Å². The molecule has 1 aliphatic rings. The van der Waals surface area contributed by atoms with Gasteiger partial charge >= 0.3 is 0 Å². The third-order valence-corrected chi connectivity index (χ3v) is 6.21. The molecular weight excluding hydrogens is 347 g/mol. The fourth-order valence-electron chi connectivity index (χ4n) is 2.43. The lowest BCUT2D eigenvalue weighted by molar-refractivity contribution is 0.387. The van der Waals surface area contributed by atoms with Gasteiger partial charge in [0, 0.05) is 18.8 Å². The first-order chi connectivity index (χ1) is 9.23. The van der Waals surface area contributed by atoms with Gasteiger partial charge in [-0.2, -0.15) is 4.31 Å². The average Bonchev–Trinajstić information content (AvgIpc) is 2.83. The van der Waals surface area contributed by atoms with E-state index in [-0.39, 0.29) is 15.1 Å². The summed E-state index contributed by atoms with van der Waals surface area (Å²) in [6.07, 6.45) is 0.808. The molecule has 0 amide bonds. The summed E-state index contributed by atoms with van der Waals surface area (Å²) in [6.45, 7) is 5.00. The Morgan fingerprint density at radius 3 is 2.65 bits per heavy atom. The van der Waals surface area contributed by atoms with Crippen LogP contribution in [-0.4, -0.2) is 25.8 Å². The van der Waals surface area contributed by atoms with E-state index in [4.69, 9.17) is 5.73 Å². The van der Waals surface area contributed by atoms with Crippen LogP contribution in [0.25, 0.3) is 0 Å². The number of benzene rings is 1. The van der Waals surface area contributed by atoms with Gasteiger partial charge in [-0.1, -0.05) is 13.8 Å². The van der Waals surface area contributed by atoms with Crippen molar-refractivity contribution in [2.75, 3.05) is 18.8 Å². The first-order valence-electron chi connectivity index (χ1n) is 6.48. The summed E-state index contributed by atoms with van der Waals surface area (Å²) in [5.41, 5.74) is 5.84. The largest absolute Gasteiger partial charge is 0.399 e. The van der Waals surface area contributed by atoms with E-state index in [2.05, 4.69) is 29.8 Å². The van der Waals surface area contributed by atoms with Gasteiger partial charge in [-0.15, -0.1) is 0 Å². The third kappa shape index (κ3) is 2.84. The van der Waals surface area contributed by atoms with E-state index in [1.54, 1.807) is 0 Å². The highest BCUT2D eigenvalue weighted by Gasteiger charge is 2.35. The van der Waals surface area contributed by atoms with Gasteiger partial charge in [0.05, 0.1) is 4.47 Å². The third-order valence-electron chi connectivity index (χ3n) is 3.77. The standard InChI is InChI=1S/C13H18BrFN2O2S/c1-8(2)9-3-4-17(7-9)20(18,19)12-6-10(16)5-11(14)13(12)15/h5-6,8-9H,3-4,7,16H2,1-2H3. The first kappa shape index (κ1) is 15.7. The summed E-state index contributed by atoms with van der Waals surface area (Å²) in [7, 11) is -3.83. The van der Waals surface area contributed by atoms with Crippen molar-refractivity contribution in [3.63, 3.8) is 0 Å². The second-order valence-corrected chi connectivity index (χ2v) is 8.23. The molecule has 1 unspecified atom stereocenters. The van der Waals surface area contributed by atoms with Crippen LogP contribution in [0.4, 0.5) is 10.1 Å². The summed E-state index contributed by atoms with van der Waals surface area (Å²) >= 11 is 3.00. The Labute approximate surface area is 127 Å². The number of hydrogen-bond donors (Lipinski definition) is 1. The molecule has 4 nitrogen and oxygen atoms in total. The monoisotopic (exact) mass is 364 g/mol. The van der Waals surface area contributed by atoms with Gasteiger partial charge in [0.2, 0.25) is 10.0 Å². The van der Waals surface area contributed by atoms with Gasteiger partial charge in [0.15, 0.2) is 5.82 Å². The summed E-state index contributed by atoms with van der Waals surface area (Å²) < 4.78 is 40.6. The molecule has 7 heteroatoms. The van der Waals surface area contributed by atoms with Crippen LogP contribution in [0.1, 0.15) is 20.3 Å². The fourth-order valence-corrected chi connectivity index (χ4v) is 4.67. The SMILES string of the molecule is CC(C)C1CCN(S(=O)(=O)c2cc(N)cc(Br)c2F)C1. The molecule has 112 valence electrons. The van der Waals surface area contributed by atoms with Crippen molar-refractivity contribution < 1.29 is 12.8 Å². The van der Waals surface area contributed by atoms with Crippen LogP contribution in [0.5, 0.6) is 0 Å². The van der Waals surface area contributed by atoms with Crippen molar-refractivity contribution in [3.05, 3.63) is 22.4 Å². The van der Waals surface area contributed by atoms with Gasteiger partial charge in [-0.25, -0.2) is 12.8 Å². The number of hydrogen-bond acceptors (Lipinski definition) is 3. The molecule has 0 aromatic heterocycles. The first-order valence-corrected chi connectivity index (χ1v) is 8.71. The van der Waals surface area contributed by atoms with Crippen molar-refractivity contribution in [2.24, 2.45) is 11.8 Å². The summed E-state index contributed by atoms with van der Waals surface area (Å²) in [4.78, 5) is -0.353. The van der Waals surface area contributed by atoms with Crippen molar-refractivity contribution in [1.29, 1.82) is 0 Å². The second kappa shape index (κ2) is 5.61. The molecule has 0 radical (unpaired) electrons. The lowest BCUT2D eigenvalue weighted by atomic mass is 9.96. The topological polar surface area (TPSA) is 63.4 Å². The molecule has 0 saturated carbocycles. The molecule has 1 aromatic carbocycles. The van der Waals surface area contributed by atoms with Crippen molar-refractivity contribution >= 4 is 31.6 Å². The number of anilines is 1. The molecule has 2 N–H and O–H groups in total. The zero-order chi connectivity index (χ0) is 15.1. The molecule has 1 aromatic rings. The van der Waals surface area contributed by atoms with Crippen molar-refractivity contribution in [2.45, 2.75) is 25.2 Å². The Hall–Kier alpha value is -0.660. The van der Waals surface area contributed by atoms with E-state index in [1.807, 2.05) is 0 Å². The maximum absolute atomic E-state index is 14.1. The van der Waals surface area contributed by atoms with Crippen LogP contribution in [0.2, 0.25) is 0 Å². The molecule has 20 heavy (non-hydrogen) atoms. The molecular formula is C13H18BrFN2O2S. The van der Waals surface area contributed by atoms with Crippen molar-refractivity contribution in [1.82, 2.24) is 4.31 Å². The van der Waals surface area contributed by atoms with E-state index in [1.165, 1.54) is 16.4 Å². The smallest absolute Gasteiger partial charge is 0.246 e. The van der Waals surface area contributed by atoms with Gasteiger partial charge in [-0.05, 0) is 46.3 Å². The van der Waals surface area contributed by atoms with Gasteiger partial charge in [0.25, 0.3) is 0 Å². The predicted octanol–water partition coefficient (Wildman–Crippen LogP) is 2.84. The van der Waals surface area contributed by atoms with Crippen LogP contribution in [0, 0.1) is 17.7 Å². The van der Waals surface area contributed by atoms with E-state index in [0.717, 1.165) is 6.42 Å². The van der Waals surface area contributed by atoms with Crippen LogP contribution >= 0.6 is 15.9 Å². The zero-order valence-corrected chi connectivity index (χ0v) is 13.8. The minimum absolute atomic E-state index is 0.0654. The van der Waals surface area contributed by atoms with Crippen LogP contribution < -0.4 is 5.73 Å². The highest BCUT2D eigenvalue weighted by Crippen LogP contribution is 2.32. The number of sulfonamides is 1. The highest BCUT2D eigenvalue weighted by atomic mass is 79.9. The molecule has 1 heterocycles. The minimum atomic E-state index is -3.83. The minimum Gasteiger partial charge on any atom is -0.399 e. The van der Waals surface area contributed by atoms with E-state index in [0.29, 0.717) is 24.9 Å². The molecule has 2 rings (SSSR count). The average molecular weight is 365 g/mol. The van der Waals surface area contributed by atoms with E-state index < -0.39 is 15.8 Å². The molecule has 1 saturated heterocycles. The Kier molecular flexibility index (Phi) is 4.41. The summed E-state index contributed by atoms with van der Waals surface area (Å²) in [6, 6.07) is 2.54. The lowest BCUT2D eigenvalue weighted by Gasteiger charge is -2.19. The van der Waals surface area contributed by atoms with Crippen LogP contribution in [0.3, 0.4) is 0 Å². The van der Waals surface area contributed by atoms with Crippen LogP contribution in [-0.2, 0) is 10.0 Å². The lowest BCUT2D eigenvalue weighted by Crippen LogP contribution is -2.30. The maximum Gasteiger partial charge on any atom is 0.246 e. The summed E-state index contributed by atoms with van der Waals surface area (Å²) in [5, 5.41) is 0. The molecule has 1 fully saturated rings. The van der Waals surface area contributed by atoms with Gasteiger partial charge in [0.1, 0.15) is 4.90 Å².